The zero-order valence-corrected chi connectivity index (χ0v) is 45.8. The molecule has 10 rings (SSSR count). The summed E-state index contributed by atoms with van der Waals surface area (Å²) in [6.45, 7) is 5.98. The van der Waals surface area contributed by atoms with Crippen LogP contribution in [0.1, 0.15) is 89.6 Å². The molecule has 0 saturated heterocycles. The Morgan fingerprint density at radius 2 is 1.01 bits per heavy atom. The van der Waals surface area contributed by atoms with E-state index >= 15 is 0 Å². The Bertz CT molecular complexity index is 3970. The van der Waals surface area contributed by atoms with Gasteiger partial charge in [0.2, 0.25) is 0 Å². The average Bonchev–Trinajstić information content (AvgIpc) is 3.48. The highest BCUT2D eigenvalue weighted by atomic mass is 32.2. The van der Waals surface area contributed by atoms with Crippen LogP contribution in [0.5, 0.6) is 17.2 Å². The van der Waals surface area contributed by atoms with E-state index in [1.807, 2.05) is 45.0 Å². The van der Waals surface area contributed by atoms with Crippen LogP contribution in [0.3, 0.4) is 0 Å². The number of fused-ring (bicyclic) bond motifs is 3. The van der Waals surface area contributed by atoms with E-state index in [1.165, 1.54) is 60.7 Å². The molecule has 0 radical (unpaired) electrons. The highest BCUT2D eigenvalue weighted by Crippen LogP contribution is 2.45. The number of hydrogen-bond acceptors (Lipinski definition) is 12. The van der Waals surface area contributed by atoms with Crippen molar-refractivity contribution in [2.75, 3.05) is 0 Å². The molecule has 18 heteroatoms. The van der Waals surface area contributed by atoms with Crippen molar-refractivity contribution in [3.05, 3.63) is 231 Å². The molecule has 0 aromatic heterocycles. The lowest BCUT2D eigenvalue weighted by atomic mass is 9.70. The van der Waals surface area contributed by atoms with E-state index in [-0.39, 0.29) is 56.8 Å². The first-order chi connectivity index (χ1) is 38.0. The van der Waals surface area contributed by atoms with Gasteiger partial charge in [0.15, 0.2) is 0 Å². The van der Waals surface area contributed by atoms with Crippen LogP contribution >= 0.6 is 0 Å². The number of carbonyl (C=O) groups is 3. The third-order valence-electron chi connectivity index (χ3n) is 15.7. The van der Waals surface area contributed by atoms with E-state index in [4.69, 9.17) is 12.5 Å². The predicted octanol–water partition coefficient (Wildman–Crippen LogP) is 10.8. The van der Waals surface area contributed by atoms with Crippen molar-refractivity contribution in [3.63, 3.8) is 0 Å². The Kier molecular flexibility index (Phi) is 14.5. The van der Waals surface area contributed by atoms with E-state index in [0.717, 1.165) is 16.7 Å². The molecule has 0 aliphatic heterocycles. The Morgan fingerprint density at radius 3 is 1.55 bits per heavy atom. The summed E-state index contributed by atoms with van der Waals surface area (Å²) in [6.07, 6.45) is 15.0. The van der Waals surface area contributed by atoms with Crippen molar-refractivity contribution in [1.82, 2.24) is 0 Å². The largest absolute Gasteiger partial charge is 0.481 e. The third-order valence-corrected chi connectivity index (χ3v) is 19.8. The summed E-state index contributed by atoms with van der Waals surface area (Å²) >= 11 is 0. The third kappa shape index (κ3) is 10.4. The molecule has 410 valence electrons. The molecule has 0 amide bonds. The minimum absolute atomic E-state index is 0.0113. The number of allylic oxidation sites excluding steroid dienone is 7. The summed E-state index contributed by atoms with van der Waals surface area (Å²) in [5.41, 5.74) is 3.76. The average molecular weight is 1140 g/mol. The zero-order valence-electron chi connectivity index (χ0n) is 43.4. The van der Waals surface area contributed by atoms with E-state index in [2.05, 4.69) is 0 Å². The molecule has 0 bridgehead atoms. The highest BCUT2D eigenvalue weighted by molar-refractivity contribution is 7.91. The van der Waals surface area contributed by atoms with Crippen molar-refractivity contribution < 1.29 is 67.5 Å². The molecular weight excluding hydrogens is 1080 g/mol. The normalized spacial score (nSPS) is 20.2. The van der Waals surface area contributed by atoms with Crippen molar-refractivity contribution in [2.24, 2.45) is 23.7 Å². The molecule has 0 spiro atoms. The fourth-order valence-corrected chi connectivity index (χ4v) is 14.9. The first-order valence-corrected chi connectivity index (χ1v) is 29.8. The quantitative estimate of drug-likeness (QED) is 0.0437. The smallest absolute Gasteiger partial charge is 0.339 e. The maximum atomic E-state index is 14.0. The van der Waals surface area contributed by atoms with Gasteiger partial charge in [-0.05, 0) is 125 Å². The highest BCUT2D eigenvalue weighted by Gasteiger charge is 2.43. The number of carboxylic acid groups (broad SMARTS) is 3. The maximum Gasteiger partial charge on any atom is 0.339 e. The SMILES string of the molecule is CC(C)(c1ccc(OS(=O)(=O)c2cccc3c2C=CC(C(=O)O)C3)cc1)c1ccc(C(C)(c2ccc(OS(=O)(=O)C3=CC=C[C@H]4C=CCC(C(=O)O)[C@H]34)cc2)c2ccc(OS(=O)(=O)c3cccc4c3C=CCC4C(=O)O)cc2)cc1. The second-order valence-corrected chi connectivity index (χ2v) is 25.4. The molecule has 3 N–H and O–H groups in total. The van der Waals surface area contributed by atoms with Crippen LogP contribution < -0.4 is 12.5 Å². The summed E-state index contributed by atoms with van der Waals surface area (Å²) < 4.78 is 100. The van der Waals surface area contributed by atoms with Gasteiger partial charge in [-0.1, -0.05) is 147 Å². The second kappa shape index (κ2) is 21.1. The van der Waals surface area contributed by atoms with Gasteiger partial charge in [-0.2, -0.15) is 25.3 Å². The number of benzene rings is 6. The summed E-state index contributed by atoms with van der Waals surface area (Å²) in [5.74, 6) is -7.09. The minimum Gasteiger partial charge on any atom is -0.481 e. The first-order valence-electron chi connectivity index (χ1n) is 25.6. The zero-order chi connectivity index (χ0) is 56.9. The maximum absolute atomic E-state index is 14.0. The van der Waals surface area contributed by atoms with Gasteiger partial charge >= 0.3 is 48.3 Å². The van der Waals surface area contributed by atoms with Gasteiger partial charge in [-0.25, -0.2) is 0 Å². The van der Waals surface area contributed by atoms with Crippen LogP contribution in [-0.2, 0) is 62.0 Å². The lowest BCUT2D eigenvalue weighted by Gasteiger charge is -2.34. The van der Waals surface area contributed by atoms with Gasteiger partial charge in [0.1, 0.15) is 27.0 Å². The first kappa shape index (κ1) is 55.0. The van der Waals surface area contributed by atoms with Crippen molar-refractivity contribution in [3.8, 4) is 17.2 Å². The Morgan fingerprint density at radius 1 is 0.512 bits per heavy atom. The van der Waals surface area contributed by atoms with Crippen LogP contribution in [-0.4, -0.2) is 58.5 Å². The molecular formula is C62H54O15S3. The fraction of sp³-hybridized carbons (Fsp3) is 0.210. The molecule has 0 heterocycles. The summed E-state index contributed by atoms with van der Waals surface area (Å²) in [7, 11) is -13.3. The van der Waals surface area contributed by atoms with Crippen LogP contribution in [0.4, 0.5) is 0 Å². The Labute approximate surface area is 463 Å². The van der Waals surface area contributed by atoms with Crippen LogP contribution in [0.25, 0.3) is 12.2 Å². The van der Waals surface area contributed by atoms with Gasteiger partial charge < -0.3 is 27.9 Å². The van der Waals surface area contributed by atoms with E-state index in [0.29, 0.717) is 27.8 Å². The standard InChI is InChI=1S/C62H54O15S3/c1-61(2,42-24-30-46(31-25-42)75-78(69,70)54-16-6-11-39-37-40(58(63)64)19-36-49(39)54)41-20-22-43(23-21-41)62(3,44-26-32-47(33-27-44)76-79(71,72)55-17-8-12-50-51(55)13-7-14-52(50)59(65)66)45-28-34-48(35-29-45)77-80(73,74)56-18-5-10-38-9-4-15-53(57(38)56)60(67)68/h4-13,16-36,38,40,52-53,57H,14-15,37H2,1-3H3,(H,63,64)(H,65,66)(H,67,68)/t38-,40?,52?,53?,57-,62?/m1/s1. The van der Waals surface area contributed by atoms with E-state index in [9.17, 15) is 55.0 Å². The Hall–Kier alpha value is -8.32. The van der Waals surface area contributed by atoms with Gasteiger partial charge in [-0.15, -0.1) is 0 Å². The molecule has 6 aromatic rings. The monoisotopic (exact) mass is 1130 g/mol. The number of carboxylic acids is 3. The molecule has 4 aliphatic rings. The van der Waals surface area contributed by atoms with Crippen LogP contribution in [0.2, 0.25) is 0 Å². The molecule has 4 aliphatic carbocycles. The van der Waals surface area contributed by atoms with Gasteiger partial charge in [0, 0.05) is 28.2 Å². The summed E-state index contributed by atoms with van der Waals surface area (Å²) in [4.78, 5) is 35.6. The summed E-state index contributed by atoms with van der Waals surface area (Å²) in [6, 6.07) is 36.6. The second-order valence-electron chi connectivity index (χ2n) is 20.8. The predicted molar refractivity (Wildman–Crippen MR) is 298 cm³/mol. The molecule has 80 heavy (non-hydrogen) atoms. The molecule has 6 atom stereocenters. The molecule has 0 fully saturated rings. The lowest BCUT2D eigenvalue weighted by molar-refractivity contribution is -0.143. The minimum atomic E-state index is -4.48. The lowest BCUT2D eigenvalue weighted by Crippen LogP contribution is -2.36. The van der Waals surface area contributed by atoms with E-state index < -0.39 is 88.7 Å². The Balaban J connectivity index is 0.940. The van der Waals surface area contributed by atoms with Crippen LogP contribution in [0, 0.1) is 23.7 Å². The number of aliphatic carboxylic acids is 3. The topological polar surface area (TPSA) is 242 Å². The van der Waals surface area contributed by atoms with Gasteiger partial charge in [-0.3, -0.25) is 14.4 Å². The van der Waals surface area contributed by atoms with Crippen molar-refractivity contribution >= 4 is 60.4 Å². The van der Waals surface area contributed by atoms with Crippen molar-refractivity contribution in [2.45, 2.75) is 66.6 Å². The van der Waals surface area contributed by atoms with Gasteiger partial charge in [0.05, 0.1) is 22.7 Å². The summed E-state index contributed by atoms with van der Waals surface area (Å²) in [5, 5.41) is 29.4. The van der Waals surface area contributed by atoms with Crippen molar-refractivity contribution in [1.29, 1.82) is 0 Å². The molecule has 0 saturated carbocycles. The number of rotatable bonds is 17. The van der Waals surface area contributed by atoms with E-state index in [1.54, 1.807) is 103 Å². The molecule has 4 unspecified atom stereocenters. The van der Waals surface area contributed by atoms with Crippen LogP contribution in [0.15, 0.2) is 191 Å². The number of hydrogen-bond donors (Lipinski definition) is 3. The fourth-order valence-electron chi connectivity index (χ4n) is 11.2. The molecule has 6 aromatic carbocycles. The van der Waals surface area contributed by atoms with Gasteiger partial charge in [0.25, 0.3) is 0 Å². The molecule has 15 nitrogen and oxygen atoms in total.